The lowest BCUT2D eigenvalue weighted by Gasteiger charge is -2.06. The number of ether oxygens (including phenoxy) is 3. The average Bonchev–Trinajstić information content (AvgIpc) is 3.15. The Morgan fingerprint density at radius 2 is 2.08 bits per heavy atom. The minimum atomic E-state index is -4.23. The highest BCUT2D eigenvalue weighted by atomic mass is 32.2. The lowest BCUT2D eigenvalue weighted by Crippen LogP contribution is -2.36. The first-order valence-electron chi connectivity index (χ1n) is 8.44. The van der Waals surface area contributed by atoms with E-state index >= 15 is 0 Å². The first kappa shape index (κ1) is 18.9. The van der Waals surface area contributed by atoms with Crippen molar-refractivity contribution >= 4 is 37.7 Å². The summed E-state index contributed by atoms with van der Waals surface area (Å²) in [6.45, 7) is 5.13. The van der Waals surface area contributed by atoms with E-state index in [1.807, 2.05) is 36.6 Å². The Morgan fingerprint density at radius 1 is 1.35 bits per heavy atom. The number of thiazole rings is 1. The van der Waals surface area contributed by atoms with Crippen molar-refractivity contribution < 1.29 is 31.7 Å². The van der Waals surface area contributed by atoms with Crippen molar-refractivity contribution in [1.29, 1.82) is 0 Å². The van der Waals surface area contributed by atoms with E-state index in [4.69, 9.17) is 14.2 Å². The topological polar surface area (TPSA) is 88.8 Å². The molecule has 0 fully saturated rings. The van der Waals surface area contributed by atoms with Crippen LogP contribution in [0.1, 0.15) is 31.7 Å². The van der Waals surface area contributed by atoms with Crippen molar-refractivity contribution in [2.24, 2.45) is 0 Å². The van der Waals surface area contributed by atoms with E-state index in [1.165, 1.54) is 0 Å². The molecule has 0 aliphatic carbocycles. The van der Waals surface area contributed by atoms with Gasteiger partial charge in [-0.15, -0.1) is 0 Å². The first-order chi connectivity index (χ1) is 12.4. The van der Waals surface area contributed by atoms with Gasteiger partial charge in [0.1, 0.15) is 10.5 Å². The summed E-state index contributed by atoms with van der Waals surface area (Å²) < 4.78 is 52.4. The molecule has 0 radical (unpaired) electrons. The van der Waals surface area contributed by atoms with Gasteiger partial charge in [0.2, 0.25) is 12.3 Å². The molecule has 0 spiro atoms. The number of hydrogen-bond acceptors (Lipinski definition) is 7. The second-order valence-corrected chi connectivity index (χ2v) is 8.36. The number of hydrogen-bond donors (Lipinski definition) is 0. The Kier molecular flexibility index (Phi) is 5.69. The Bertz CT molecular complexity index is 932. The van der Waals surface area contributed by atoms with Gasteiger partial charge in [0.25, 0.3) is 5.01 Å². The summed E-state index contributed by atoms with van der Waals surface area (Å²) in [6, 6.07) is 3.82. The van der Waals surface area contributed by atoms with E-state index in [2.05, 4.69) is 0 Å². The number of aromatic nitrogens is 1. The van der Waals surface area contributed by atoms with Gasteiger partial charge in [-0.1, -0.05) is 18.3 Å². The number of nitrogens with zero attached hydrogens (tertiary/aromatic N) is 1. The number of aryl methyl sites for hydroxylation is 1. The molecule has 1 aliphatic rings. The van der Waals surface area contributed by atoms with Gasteiger partial charge >= 0.3 is 0 Å². The SMILES string of the molecule is CCO/C(=C/c1sc2cc3c(cc2[n+]1CCCS(=O)(=O)[O-])OCO3)CC. The van der Waals surface area contributed by atoms with Crippen molar-refractivity contribution in [2.75, 3.05) is 19.2 Å². The maximum Gasteiger partial charge on any atom is 0.266 e. The van der Waals surface area contributed by atoms with Crippen molar-refractivity contribution in [2.45, 2.75) is 33.2 Å². The Morgan fingerprint density at radius 3 is 2.73 bits per heavy atom. The summed E-state index contributed by atoms with van der Waals surface area (Å²) in [4.78, 5) is 0. The molecular weight excluding hydrogens is 378 g/mol. The van der Waals surface area contributed by atoms with Crippen LogP contribution in [0.15, 0.2) is 17.9 Å². The van der Waals surface area contributed by atoms with E-state index < -0.39 is 15.9 Å². The van der Waals surface area contributed by atoms with Gasteiger partial charge in [0.15, 0.2) is 18.0 Å². The summed E-state index contributed by atoms with van der Waals surface area (Å²) in [6.07, 6.45) is 2.96. The summed E-state index contributed by atoms with van der Waals surface area (Å²) in [5, 5.41) is 0.928. The molecule has 9 heteroatoms. The fraction of sp³-hybridized carbons (Fsp3) is 0.471. The highest BCUT2D eigenvalue weighted by molar-refractivity contribution is 7.85. The molecule has 2 aromatic rings. The van der Waals surface area contributed by atoms with Gasteiger partial charge < -0.3 is 18.8 Å². The van der Waals surface area contributed by atoms with Crippen LogP contribution in [0.5, 0.6) is 11.5 Å². The quantitative estimate of drug-likeness (QED) is 0.385. The minimum absolute atomic E-state index is 0.193. The summed E-state index contributed by atoms with van der Waals surface area (Å²) in [5.41, 5.74) is 0.917. The fourth-order valence-electron chi connectivity index (χ4n) is 2.80. The molecule has 2 heterocycles. The summed E-state index contributed by atoms with van der Waals surface area (Å²) in [7, 11) is -4.23. The van der Waals surface area contributed by atoms with E-state index in [0.29, 0.717) is 24.7 Å². The van der Waals surface area contributed by atoms with Gasteiger partial charge in [-0.25, -0.2) is 8.42 Å². The third kappa shape index (κ3) is 4.28. The molecule has 26 heavy (non-hydrogen) atoms. The van der Waals surface area contributed by atoms with Gasteiger partial charge in [-0.2, -0.15) is 4.57 Å². The standard InChI is InChI=1S/C17H21NO6S2/c1-3-12(22-4-2)8-17-18(6-5-7-26(19,20)21)13-9-14-15(24-11-23-14)10-16(13)25-17/h8-10H,3-7,11H2,1-2H3/b12-8+. The zero-order valence-electron chi connectivity index (χ0n) is 14.7. The molecule has 3 rings (SSSR count). The van der Waals surface area contributed by atoms with Crippen LogP contribution < -0.4 is 14.0 Å². The fourth-order valence-corrected chi connectivity index (χ4v) is 4.44. The molecule has 0 bridgehead atoms. The van der Waals surface area contributed by atoms with Gasteiger partial charge in [-0.3, -0.25) is 0 Å². The van der Waals surface area contributed by atoms with E-state index in [-0.39, 0.29) is 13.2 Å². The predicted molar refractivity (Wildman–Crippen MR) is 97.2 cm³/mol. The largest absolute Gasteiger partial charge is 0.748 e. The highest BCUT2D eigenvalue weighted by Gasteiger charge is 2.25. The van der Waals surface area contributed by atoms with Crippen LogP contribution in [0.3, 0.4) is 0 Å². The molecule has 0 amide bonds. The Balaban J connectivity index is 2.02. The normalized spacial score (nSPS) is 14.2. The number of rotatable bonds is 8. The maximum atomic E-state index is 10.9. The molecule has 1 aromatic heterocycles. The third-order valence-corrected chi connectivity index (χ3v) is 5.85. The van der Waals surface area contributed by atoms with E-state index in [9.17, 15) is 13.0 Å². The van der Waals surface area contributed by atoms with Crippen LogP contribution in [0.4, 0.5) is 0 Å². The molecule has 0 unspecified atom stereocenters. The molecular formula is C17H21NO6S2. The van der Waals surface area contributed by atoms with E-state index in [0.717, 1.165) is 27.4 Å². The summed E-state index contributed by atoms with van der Waals surface area (Å²) >= 11 is 1.56. The number of fused-ring (bicyclic) bond motifs is 2. The Labute approximate surface area is 156 Å². The molecule has 1 aromatic carbocycles. The van der Waals surface area contributed by atoms with Crippen molar-refractivity contribution in [1.82, 2.24) is 0 Å². The zero-order chi connectivity index (χ0) is 18.7. The van der Waals surface area contributed by atoms with Crippen LogP contribution in [0, 0.1) is 0 Å². The number of benzene rings is 1. The third-order valence-electron chi connectivity index (χ3n) is 3.96. The van der Waals surface area contributed by atoms with Crippen LogP contribution in [-0.4, -0.2) is 32.1 Å². The second kappa shape index (κ2) is 7.81. The molecule has 0 saturated heterocycles. The molecule has 0 saturated carbocycles. The summed E-state index contributed by atoms with van der Waals surface area (Å²) in [5.74, 6) is 1.82. The number of allylic oxidation sites excluding steroid dienone is 1. The molecule has 1 aliphatic heterocycles. The molecule has 0 atom stereocenters. The Hall–Kier alpha value is -1.84. The molecule has 7 nitrogen and oxygen atoms in total. The average molecular weight is 399 g/mol. The van der Waals surface area contributed by atoms with Crippen LogP contribution >= 0.6 is 11.3 Å². The monoisotopic (exact) mass is 399 g/mol. The first-order valence-corrected chi connectivity index (χ1v) is 10.8. The molecule has 0 N–H and O–H groups in total. The van der Waals surface area contributed by atoms with Crippen molar-refractivity contribution in [3.8, 4) is 11.5 Å². The van der Waals surface area contributed by atoms with Crippen LogP contribution in [-0.2, 0) is 21.4 Å². The van der Waals surface area contributed by atoms with Crippen molar-refractivity contribution in [3.05, 3.63) is 22.9 Å². The van der Waals surface area contributed by atoms with Gasteiger partial charge in [0.05, 0.1) is 28.9 Å². The van der Waals surface area contributed by atoms with Crippen LogP contribution in [0.25, 0.3) is 16.3 Å². The lowest BCUT2D eigenvalue weighted by atomic mass is 10.3. The van der Waals surface area contributed by atoms with Gasteiger partial charge in [-0.05, 0) is 6.92 Å². The van der Waals surface area contributed by atoms with Crippen molar-refractivity contribution in [3.63, 3.8) is 0 Å². The lowest BCUT2D eigenvalue weighted by molar-refractivity contribution is -0.668. The molecule has 142 valence electrons. The zero-order valence-corrected chi connectivity index (χ0v) is 16.3. The highest BCUT2D eigenvalue weighted by Crippen LogP contribution is 2.37. The smallest absolute Gasteiger partial charge is 0.266 e. The predicted octanol–water partition coefficient (Wildman–Crippen LogP) is 2.64. The minimum Gasteiger partial charge on any atom is -0.748 e. The second-order valence-electron chi connectivity index (χ2n) is 5.78. The maximum absolute atomic E-state index is 10.9. The van der Waals surface area contributed by atoms with E-state index in [1.54, 1.807) is 11.3 Å². The van der Waals surface area contributed by atoms with Crippen LogP contribution in [0.2, 0.25) is 0 Å². The van der Waals surface area contributed by atoms with Gasteiger partial charge in [0, 0.05) is 24.7 Å².